The molecule has 2 rings (SSSR count). The van der Waals surface area contributed by atoms with Gasteiger partial charge in [0.15, 0.2) is 0 Å². The Morgan fingerprint density at radius 2 is 1.88 bits per heavy atom. The Bertz CT molecular complexity index is 573. The number of rotatable bonds is 1. The first-order valence-corrected chi connectivity index (χ1v) is 5.14. The lowest BCUT2D eigenvalue weighted by atomic mass is 10.1. The van der Waals surface area contributed by atoms with E-state index in [1.807, 2.05) is 0 Å². The summed E-state index contributed by atoms with van der Waals surface area (Å²) in [5.41, 5.74) is 1.23. The molecule has 0 bridgehead atoms. The van der Waals surface area contributed by atoms with Gasteiger partial charge in [-0.25, -0.2) is 0 Å². The van der Waals surface area contributed by atoms with Crippen molar-refractivity contribution in [2.75, 3.05) is 0 Å². The van der Waals surface area contributed by atoms with Crippen LogP contribution in [-0.2, 0) is 0 Å². The molecular weight excluding hydrogens is 226 g/mol. The van der Waals surface area contributed by atoms with E-state index in [1.54, 1.807) is 31.2 Å². The minimum Gasteiger partial charge on any atom is -0.507 e. The van der Waals surface area contributed by atoms with Crippen LogP contribution >= 0.6 is 11.6 Å². The first-order valence-electron chi connectivity index (χ1n) is 4.77. The molecular formula is C12H10ClNO2. The molecule has 3 nitrogen and oxygen atoms in total. The van der Waals surface area contributed by atoms with Crippen LogP contribution in [-0.4, -0.2) is 10.1 Å². The second-order valence-corrected chi connectivity index (χ2v) is 3.99. The van der Waals surface area contributed by atoms with E-state index >= 15 is 0 Å². The summed E-state index contributed by atoms with van der Waals surface area (Å²) in [6.45, 7) is 1.72. The van der Waals surface area contributed by atoms with Crippen LogP contribution < -0.4 is 5.56 Å². The number of aromatic hydroxyl groups is 1. The van der Waals surface area contributed by atoms with Crippen molar-refractivity contribution in [3.63, 3.8) is 0 Å². The molecule has 0 saturated heterocycles. The fraction of sp³-hybridized carbons (Fsp3) is 0.0833. The first kappa shape index (κ1) is 10.8. The molecule has 1 aromatic carbocycles. The maximum absolute atomic E-state index is 11.7. The van der Waals surface area contributed by atoms with Gasteiger partial charge in [-0.2, -0.15) is 0 Å². The quantitative estimate of drug-likeness (QED) is 0.799. The summed E-state index contributed by atoms with van der Waals surface area (Å²) in [6, 6.07) is 8.26. The molecule has 4 heteroatoms. The van der Waals surface area contributed by atoms with Gasteiger partial charge >= 0.3 is 0 Å². The van der Waals surface area contributed by atoms with Crippen LogP contribution in [0.3, 0.4) is 0 Å². The molecule has 2 N–H and O–H groups in total. The van der Waals surface area contributed by atoms with Gasteiger partial charge in [0.05, 0.1) is 5.56 Å². The molecule has 0 amide bonds. The number of aromatic nitrogens is 1. The molecule has 0 unspecified atom stereocenters. The Kier molecular flexibility index (Phi) is 2.71. The maximum Gasteiger partial charge on any atom is 0.259 e. The molecule has 0 aliphatic rings. The van der Waals surface area contributed by atoms with E-state index in [9.17, 15) is 9.90 Å². The lowest BCUT2D eigenvalue weighted by Gasteiger charge is -2.04. The monoisotopic (exact) mass is 235 g/mol. The minimum atomic E-state index is -0.306. The molecule has 0 radical (unpaired) electrons. The third kappa shape index (κ3) is 1.95. The summed E-state index contributed by atoms with van der Waals surface area (Å²) in [6.07, 6.45) is 0. The predicted molar refractivity (Wildman–Crippen MR) is 63.9 cm³/mol. The molecule has 1 aromatic heterocycles. The van der Waals surface area contributed by atoms with Crippen LogP contribution in [0, 0.1) is 6.92 Å². The highest BCUT2D eigenvalue weighted by Crippen LogP contribution is 2.26. The zero-order chi connectivity index (χ0) is 11.7. The van der Waals surface area contributed by atoms with E-state index in [0.717, 1.165) is 0 Å². The molecule has 0 spiro atoms. The molecule has 0 atom stereocenters. The highest BCUT2D eigenvalue weighted by atomic mass is 35.5. The lowest BCUT2D eigenvalue weighted by molar-refractivity contribution is 0.475. The number of benzene rings is 1. The lowest BCUT2D eigenvalue weighted by Crippen LogP contribution is -2.09. The molecule has 0 fully saturated rings. The van der Waals surface area contributed by atoms with Crippen LogP contribution in [0.2, 0.25) is 5.02 Å². The number of aryl methyl sites for hydroxylation is 1. The summed E-state index contributed by atoms with van der Waals surface area (Å²) in [4.78, 5) is 14.3. The average molecular weight is 236 g/mol. The Hall–Kier alpha value is -1.74. The van der Waals surface area contributed by atoms with Crippen molar-refractivity contribution in [1.29, 1.82) is 0 Å². The highest BCUT2D eigenvalue weighted by molar-refractivity contribution is 6.30. The van der Waals surface area contributed by atoms with Crippen LogP contribution in [0.25, 0.3) is 11.1 Å². The van der Waals surface area contributed by atoms with Crippen LogP contribution in [0.4, 0.5) is 0 Å². The highest BCUT2D eigenvalue weighted by Gasteiger charge is 2.09. The minimum absolute atomic E-state index is 0.0245. The smallest absolute Gasteiger partial charge is 0.259 e. The first-order chi connectivity index (χ1) is 7.58. The van der Waals surface area contributed by atoms with Crippen LogP contribution in [0.1, 0.15) is 5.69 Å². The molecule has 16 heavy (non-hydrogen) atoms. The van der Waals surface area contributed by atoms with E-state index in [-0.39, 0.29) is 16.9 Å². The number of halogens is 1. The summed E-state index contributed by atoms with van der Waals surface area (Å²) in [5.74, 6) is -0.0245. The van der Waals surface area contributed by atoms with Gasteiger partial charge in [0.1, 0.15) is 5.75 Å². The number of pyridine rings is 1. The van der Waals surface area contributed by atoms with E-state index in [4.69, 9.17) is 11.6 Å². The normalized spacial score (nSPS) is 10.4. The average Bonchev–Trinajstić information content (AvgIpc) is 2.19. The second kappa shape index (κ2) is 4.02. The van der Waals surface area contributed by atoms with E-state index in [2.05, 4.69) is 4.98 Å². The summed E-state index contributed by atoms with van der Waals surface area (Å²) in [5, 5.41) is 10.3. The Morgan fingerprint density at radius 1 is 1.25 bits per heavy atom. The standard InChI is InChI=1S/C12H10ClNO2/c1-7-6-10(15)11(12(16)14-7)8-2-4-9(13)5-3-8/h2-6H,1H3,(H2,14,15,16). The number of hydrogen-bond donors (Lipinski definition) is 2. The molecule has 2 aromatic rings. The Balaban J connectivity index is 2.65. The van der Waals surface area contributed by atoms with E-state index in [1.165, 1.54) is 6.07 Å². The van der Waals surface area contributed by atoms with Gasteiger partial charge in [-0.1, -0.05) is 23.7 Å². The van der Waals surface area contributed by atoms with Crippen molar-refractivity contribution in [2.45, 2.75) is 6.92 Å². The second-order valence-electron chi connectivity index (χ2n) is 3.55. The van der Waals surface area contributed by atoms with Crippen LogP contribution in [0.5, 0.6) is 5.75 Å². The molecule has 1 heterocycles. The molecule has 0 saturated carbocycles. The third-order valence-electron chi connectivity index (χ3n) is 2.28. The molecule has 0 aliphatic carbocycles. The van der Waals surface area contributed by atoms with Crippen LogP contribution in [0.15, 0.2) is 35.1 Å². The fourth-order valence-electron chi connectivity index (χ4n) is 1.57. The summed E-state index contributed by atoms with van der Waals surface area (Å²) < 4.78 is 0. The van der Waals surface area contributed by atoms with Gasteiger partial charge < -0.3 is 10.1 Å². The number of hydrogen-bond acceptors (Lipinski definition) is 2. The largest absolute Gasteiger partial charge is 0.507 e. The van der Waals surface area contributed by atoms with Crippen molar-refractivity contribution in [3.05, 3.63) is 51.4 Å². The van der Waals surface area contributed by atoms with Gasteiger partial charge in [-0.15, -0.1) is 0 Å². The third-order valence-corrected chi connectivity index (χ3v) is 2.53. The van der Waals surface area contributed by atoms with Gasteiger partial charge in [0, 0.05) is 10.7 Å². The van der Waals surface area contributed by atoms with Crippen molar-refractivity contribution < 1.29 is 5.11 Å². The fourth-order valence-corrected chi connectivity index (χ4v) is 1.69. The van der Waals surface area contributed by atoms with Crippen molar-refractivity contribution in [1.82, 2.24) is 4.98 Å². The van der Waals surface area contributed by atoms with E-state index in [0.29, 0.717) is 16.3 Å². The topological polar surface area (TPSA) is 53.1 Å². The summed E-state index contributed by atoms with van der Waals surface area (Å²) in [7, 11) is 0. The molecule has 82 valence electrons. The zero-order valence-electron chi connectivity index (χ0n) is 8.62. The van der Waals surface area contributed by atoms with Gasteiger partial charge in [-0.3, -0.25) is 4.79 Å². The number of H-pyrrole nitrogens is 1. The van der Waals surface area contributed by atoms with Crippen molar-refractivity contribution in [2.24, 2.45) is 0 Å². The maximum atomic E-state index is 11.7. The Labute approximate surface area is 97.3 Å². The van der Waals surface area contributed by atoms with Crippen molar-refractivity contribution >= 4 is 11.6 Å². The van der Waals surface area contributed by atoms with Gasteiger partial charge in [0.2, 0.25) is 0 Å². The Morgan fingerprint density at radius 3 is 2.44 bits per heavy atom. The van der Waals surface area contributed by atoms with Gasteiger partial charge in [0.25, 0.3) is 5.56 Å². The van der Waals surface area contributed by atoms with Gasteiger partial charge in [-0.05, 0) is 30.7 Å². The number of aromatic amines is 1. The summed E-state index contributed by atoms with van der Waals surface area (Å²) >= 11 is 5.76. The number of nitrogens with one attached hydrogen (secondary N) is 1. The van der Waals surface area contributed by atoms with Crippen molar-refractivity contribution in [3.8, 4) is 16.9 Å². The van der Waals surface area contributed by atoms with E-state index < -0.39 is 0 Å². The SMILES string of the molecule is Cc1cc(O)c(-c2ccc(Cl)cc2)c(=O)[nH]1. The molecule has 0 aliphatic heterocycles. The predicted octanol–water partition coefficient (Wildman–Crippen LogP) is 2.71. The zero-order valence-corrected chi connectivity index (χ0v) is 9.38.